The fourth-order valence-electron chi connectivity index (χ4n) is 4.81. The smallest absolute Gasteiger partial charge is 0.338 e. The van der Waals surface area contributed by atoms with Gasteiger partial charge in [0.2, 0.25) is 0 Å². The van der Waals surface area contributed by atoms with Gasteiger partial charge in [-0.1, -0.05) is 66.7 Å². The molecular formula is C30H30FNO5. The van der Waals surface area contributed by atoms with Crippen LogP contribution in [0.25, 0.3) is 0 Å². The van der Waals surface area contributed by atoms with E-state index in [1.807, 2.05) is 35.2 Å². The molecule has 4 rings (SSSR count). The number of nitrogens with zero attached hydrogens (tertiary/aromatic N) is 1. The lowest BCUT2D eigenvalue weighted by atomic mass is 9.83. The second-order valence-electron chi connectivity index (χ2n) is 9.27. The number of hydrogen-bond donors (Lipinski definition) is 0. The van der Waals surface area contributed by atoms with Crippen LogP contribution in [0.15, 0.2) is 91.0 Å². The van der Waals surface area contributed by atoms with Crippen molar-refractivity contribution in [2.24, 2.45) is 5.92 Å². The zero-order chi connectivity index (χ0) is 26.2. The van der Waals surface area contributed by atoms with Crippen molar-refractivity contribution in [1.82, 2.24) is 4.90 Å². The number of esters is 2. The number of likely N-dealkylation sites (tertiary alicyclic amines) is 1. The highest BCUT2D eigenvalue weighted by Crippen LogP contribution is 2.33. The fourth-order valence-corrected chi connectivity index (χ4v) is 4.81. The Morgan fingerprint density at radius 2 is 1.27 bits per heavy atom. The number of ketones is 1. The molecule has 0 N–H and O–H groups in total. The second-order valence-corrected chi connectivity index (χ2v) is 9.27. The van der Waals surface area contributed by atoms with E-state index in [0.29, 0.717) is 24.2 Å². The molecule has 192 valence electrons. The first-order chi connectivity index (χ1) is 18.0. The molecule has 1 fully saturated rings. The van der Waals surface area contributed by atoms with Gasteiger partial charge in [0, 0.05) is 25.4 Å². The number of halogens is 1. The van der Waals surface area contributed by atoms with Crippen molar-refractivity contribution < 1.29 is 28.2 Å². The molecular weight excluding hydrogens is 473 g/mol. The Kier molecular flexibility index (Phi) is 8.80. The van der Waals surface area contributed by atoms with Crippen molar-refractivity contribution in [1.29, 1.82) is 0 Å². The number of ether oxygens (including phenoxy) is 2. The van der Waals surface area contributed by atoms with Gasteiger partial charge in [-0.2, -0.15) is 0 Å². The van der Waals surface area contributed by atoms with Gasteiger partial charge in [0.05, 0.1) is 17.2 Å². The lowest BCUT2D eigenvalue weighted by Crippen LogP contribution is -2.62. The molecule has 0 radical (unpaired) electrons. The van der Waals surface area contributed by atoms with Gasteiger partial charge in [-0.3, -0.25) is 4.90 Å². The molecule has 0 saturated carbocycles. The summed E-state index contributed by atoms with van der Waals surface area (Å²) < 4.78 is 26.5. The van der Waals surface area contributed by atoms with Gasteiger partial charge in [-0.25, -0.2) is 14.0 Å². The van der Waals surface area contributed by atoms with Gasteiger partial charge in [0.25, 0.3) is 0 Å². The molecule has 0 amide bonds. The normalized spacial score (nSPS) is 21.7. The maximum Gasteiger partial charge on any atom is 0.338 e. The van der Waals surface area contributed by atoms with Crippen molar-refractivity contribution in [3.05, 3.63) is 108 Å². The van der Waals surface area contributed by atoms with Gasteiger partial charge in [-0.15, -0.1) is 0 Å². The molecule has 0 spiro atoms. The summed E-state index contributed by atoms with van der Waals surface area (Å²) in [6, 6.07) is 25.5. The maximum atomic E-state index is 14.7. The standard InChI is InChI=1S/C30H30FNO5/c1-21(33)17-25-20-32(19-22-11-5-2-6-12-22)26(18-31)28(37-30(35)24-15-9-4-10-16-24)27(25)36-29(34)23-13-7-3-8-14-23/h2-16,25-28H,17-20H2,1H3/t25-,26+,27+,28?/m0/s1. The molecule has 37 heavy (non-hydrogen) atoms. The van der Waals surface area contributed by atoms with Crippen LogP contribution in [0.3, 0.4) is 0 Å². The number of Topliss-reactive ketones (excluding diaryl/α,β-unsaturated/α-hetero) is 1. The summed E-state index contributed by atoms with van der Waals surface area (Å²) in [7, 11) is 0. The lowest BCUT2D eigenvalue weighted by Gasteiger charge is -2.47. The van der Waals surface area contributed by atoms with Crippen LogP contribution in [-0.4, -0.2) is 54.1 Å². The predicted octanol–water partition coefficient (Wildman–Crippen LogP) is 4.89. The topological polar surface area (TPSA) is 72.9 Å². The molecule has 0 bridgehead atoms. The SMILES string of the molecule is CC(=O)C[C@H]1CN(Cc2ccccc2)[C@H](CF)C(OC(=O)c2ccccc2)[C@@H]1OC(=O)c1ccccc1. The molecule has 4 atom stereocenters. The number of carbonyl (C=O) groups excluding carboxylic acids is 3. The Hall–Kier alpha value is -3.84. The van der Waals surface area contributed by atoms with E-state index in [1.165, 1.54) is 6.92 Å². The highest BCUT2D eigenvalue weighted by molar-refractivity contribution is 5.90. The van der Waals surface area contributed by atoms with E-state index >= 15 is 0 Å². The Bertz CT molecular complexity index is 1190. The van der Waals surface area contributed by atoms with Gasteiger partial charge < -0.3 is 14.3 Å². The van der Waals surface area contributed by atoms with Crippen molar-refractivity contribution in [3.8, 4) is 0 Å². The van der Waals surface area contributed by atoms with E-state index in [2.05, 4.69) is 0 Å². The summed E-state index contributed by atoms with van der Waals surface area (Å²) in [5, 5.41) is 0. The van der Waals surface area contributed by atoms with Gasteiger partial charge >= 0.3 is 11.9 Å². The molecule has 0 aliphatic carbocycles. The van der Waals surface area contributed by atoms with Crippen LogP contribution in [0.5, 0.6) is 0 Å². The lowest BCUT2D eigenvalue weighted by molar-refractivity contribution is -0.136. The Morgan fingerprint density at radius 1 is 0.784 bits per heavy atom. The van der Waals surface area contributed by atoms with Crippen LogP contribution >= 0.6 is 0 Å². The van der Waals surface area contributed by atoms with Crippen molar-refractivity contribution in [2.45, 2.75) is 38.1 Å². The number of rotatable bonds is 9. The molecule has 0 aromatic heterocycles. The molecule has 1 aliphatic heterocycles. The summed E-state index contributed by atoms with van der Waals surface area (Å²) in [5.41, 5.74) is 1.58. The fraction of sp³-hybridized carbons (Fsp3) is 0.300. The van der Waals surface area contributed by atoms with Crippen LogP contribution < -0.4 is 0 Å². The third-order valence-corrected chi connectivity index (χ3v) is 6.55. The zero-order valence-corrected chi connectivity index (χ0v) is 20.7. The first-order valence-electron chi connectivity index (χ1n) is 12.3. The number of hydrogen-bond acceptors (Lipinski definition) is 6. The summed E-state index contributed by atoms with van der Waals surface area (Å²) in [4.78, 5) is 40.3. The average Bonchev–Trinajstić information content (AvgIpc) is 2.92. The Morgan fingerprint density at radius 3 is 1.76 bits per heavy atom. The summed E-state index contributed by atoms with van der Waals surface area (Å²) >= 11 is 0. The minimum absolute atomic E-state index is 0.0937. The highest BCUT2D eigenvalue weighted by Gasteiger charge is 2.48. The second kappa shape index (κ2) is 12.4. The molecule has 7 heteroatoms. The van der Waals surface area contributed by atoms with E-state index in [0.717, 1.165) is 5.56 Å². The molecule has 1 saturated heterocycles. The van der Waals surface area contributed by atoms with E-state index in [-0.39, 0.29) is 12.2 Å². The van der Waals surface area contributed by atoms with Crippen LogP contribution in [0, 0.1) is 5.92 Å². The van der Waals surface area contributed by atoms with Crippen molar-refractivity contribution >= 4 is 17.7 Å². The molecule has 1 unspecified atom stereocenters. The van der Waals surface area contributed by atoms with E-state index < -0.39 is 42.8 Å². The van der Waals surface area contributed by atoms with Crippen molar-refractivity contribution in [2.75, 3.05) is 13.2 Å². The van der Waals surface area contributed by atoms with Crippen LogP contribution in [0.1, 0.15) is 39.6 Å². The Balaban J connectivity index is 1.69. The predicted molar refractivity (Wildman–Crippen MR) is 137 cm³/mol. The molecule has 3 aromatic carbocycles. The number of piperidine rings is 1. The van der Waals surface area contributed by atoms with Gasteiger partial charge in [0.15, 0.2) is 6.10 Å². The zero-order valence-electron chi connectivity index (χ0n) is 20.7. The molecule has 1 heterocycles. The first-order valence-corrected chi connectivity index (χ1v) is 12.3. The summed E-state index contributed by atoms with van der Waals surface area (Å²) in [6.07, 6.45) is -2.03. The highest BCUT2D eigenvalue weighted by atomic mass is 19.1. The Labute approximate surface area is 216 Å². The molecule has 3 aromatic rings. The number of carbonyl (C=O) groups is 3. The van der Waals surface area contributed by atoms with Gasteiger partial charge in [-0.05, 0) is 36.8 Å². The summed E-state index contributed by atoms with van der Waals surface area (Å²) in [6.45, 7) is 1.33. The molecule has 6 nitrogen and oxygen atoms in total. The molecule has 1 aliphatic rings. The minimum Gasteiger partial charge on any atom is -0.454 e. The van der Waals surface area contributed by atoms with Crippen molar-refractivity contribution in [3.63, 3.8) is 0 Å². The van der Waals surface area contributed by atoms with Crippen LogP contribution in [0.4, 0.5) is 4.39 Å². The van der Waals surface area contributed by atoms with E-state index in [9.17, 15) is 18.8 Å². The van der Waals surface area contributed by atoms with Crippen LogP contribution in [-0.2, 0) is 20.8 Å². The van der Waals surface area contributed by atoms with Crippen LogP contribution in [0.2, 0.25) is 0 Å². The third kappa shape index (κ3) is 6.68. The maximum absolute atomic E-state index is 14.7. The average molecular weight is 504 g/mol. The van der Waals surface area contributed by atoms with E-state index in [1.54, 1.807) is 60.7 Å². The van der Waals surface area contributed by atoms with Gasteiger partial charge in [0.1, 0.15) is 18.6 Å². The van der Waals surface area contributed by atoms with E-state index in [4.69, 9.17) is 9.47 Å². The largest absolute Gasteiger partial charge is 0.454 e. The number of benzene rings is 3. The quantitative estimate of drug-likeness (QED) is 0.388. The monoisotopic (exact) mass is 503 g/mol. The number of alkyl halides is 1. The third-order valence-electron chi connectivity index (χ3n) is 6.55. The minimum atomic E-state index is -1.12. The first kappa shape index (κ1) is 26.2. The summed E-state index contributed by atoms with van der Waals surface area (Å²) in [5.74, 6) is -1.86.